The van der Waals surface area contributed by atoms with Gasteiger partial charge < -0.3 is 15.5 Å². The van der Waals surface area contributed by atoms with Crippen molar-refractivity contribution in [1.29, 1.82) is 0 Å². The van der Waals surface area contributed by atoms with Crippen LogP contribution < -0.4 is 10.5 Å². The molecule has 158 valence electrons. The first-order valence-corrected chi connectivity index (χ1v) is 10.2. The molecule has 0 saturated carbocycles. The molecule has 0 bridgehead atoms. The van der Waals surface area contributed by atoms with Crippen molar-refractivity contribution in [2.24, 2.45) is 0 Å². The molecule has 8 nitrogen and oxygen atoms in total. The van der Waals surface area contributed by atoms with E-state index in [1.165, 1.54) is 29.7 Å². The predicted octanol–water partition coefficient (Wildman–Crippen LogP) is 6.16. The normalized spacial score (nSPS) is 9.90. The Balaban J connectivity index is 0.000000757. The van der Waals surface area contributed by atoms with Crippen LogP contribution in [0.5, 0.6) is 11.5 Å². The third-order valence-electron chi connectivity index (χ3n) is 3.68. The number of ether oxygens (including phenoxy) is 1. The summed E-state index contributed by atoms with van der Waals surface area (Å²) in [5.41, 5.74) is 7.22. The van der Waals surface area contributed by atoms with E-state index < -0.39 is 10.7 Å². The van der Waals surface area contributed by atoms with Gasteiger partial charge in [0.05, 0.1) is 22.1 Å². The molecule has 0 radical (unpaired) electrons. The average molecular weight is 431 g/mol. The summed E-state index contributed by atoms with van der Waals surface area (Å²) in [6.07, 6.45) is 3.22. The Labute approximate surface area is 176 Å². The highest BCUT2D eigenvalue weighted by Crippen LogP contribution is 2.38. The molecule has 0 amide bonds. The van der Waals surface area contributed by atoms with E-state index in [1.807, 2.05) is 27.7 Å². The van der Waals surface area contributed by atoms with Crippen LogP contribution in [0.4, 0.5) is 15.2 Å². The van der Waals surface area contributed by atoms with Gasteiger partial charge in [-0.05, 0) is 12.1 Å². The standard InChI is InChI=1S/C16H10FN5O3S.2C2H6/c17-10-5-8(22(23)24)1-2-12(10)25-13-3-4-19-15-14(13)9(6-20-15)11-7-26-16(18)21-11;2*1-2/h1-7H,(H2,18,21)(H,19,20);2*1-2H3. The monoisotopic (exact) mass is 431 g/mol. The van der Waals surface area contributed by atoms with E-state index in [2.05, 4.69) is 15.0 Å². The van der Waals surface area contributed by atoms with E-state index in [9.17, 15) is 14.5 Å². The second-order valence-corrected chi connectivity index (χ2v) is 6.17. The Morgan fingerprint density at radius 1 is 1.20 bits per heavy atom. The van der Waals surface area contributed by atoms with Crippen LogP contribution in [0.3, 0.4) is 0 Å². The number of hydrogen-bond acceptors (Lipinski definition) is 7. The molecule has 0 fully saturated rings. The highest BCUT2D eigenvalue weighted by Gasteiger charge is 2.17. The number of pyridine rings is 1. The lowest BCUT2D eigenvalue weighted by Gasteiger charge is -2.08. The molecule has 10 heteroatoms. The number of aromatic nitrogens is 3. The molecular weight excluding hydrogens is 409 g/mol. The third-order valence-corrected chi connectivity index (χ3v) is 4.35. The number of nitrogens with one attached hydrogen (secondary N) is 1. The van der Waals surface area contributed by atoms with Crippen molar-refractivity contribution in [3.05, 3.63) is 58.0 Å². The number of nitrogen functional groups attached to an aromatic ring is 1. The molecule has 0 aliphatic heterocycles. The Hall–Kier alpha value is -3.53. The number of rotatable bonds is 4. The fourth-order valence-corrected chi connectivity index (χ4v) is 3.09. The number of anilines is 1. The SMILES string of the molecule is CC.CC.Nc1nc(-c2c[nH]c3nccc(Oc4ccc([N+](=O)[O-])cc4F)c23)cs1. The maximum atomic E-state index is 14.2. The van der Waals surface area contributed by atoms with Crippen LogP contribution in [-0.4, -0.2) is 19.9 Å². The molecule has 3 N–H and O–H groups in total. The second-order valence-electron chi connectivity index (χ2n) is 5.28. The van der Waals surface area contributed by atoms with Gasteiger partial charge in [0.25, 0.3) is 5.69 Å². The number of halogens is 1. The number of H-pyrrole nitrogens is 1. The van der Waals surface area contributed by atoms with Gasteiger partial charge >= 0.3 is 0 Å². The van der Waals surface area contributed by atoms with Gasteiger partial charge in [0.15, 0.2) is 16.7 Å². The van der Waals surface area contributed by atoms with Crippen LogP contribution in [0.1, 0.15) is 27.7 Å². The first-order chi connectivity index (χ1) is 14.5. The summed E-state index contributed by atoms with van der Waals surface area (Å²) in [4.78, 5) is 21.5. The van der Waals surface area contributed by atoms with Crippen LogP contribution in [-0.2, 0) is 0 Å². The molecule has 0 spiro atoms. The largest absolute Gasteiger partial charge is 0.453 e. The number of nitro groups is 1. The van der Waals surface area contributed by atoms with Crippen molar-refractivity contribution in [3.8, 4) is 22.8 Å². The van der Waals surface area contributed by atoms with Crippen molar-refractivity contribution < 1.29 is 14.1 Å². The lowest BCUT2D eigenvalue weighted by molar-refractivity contribution is -0.385. The van der Waals surface area contributed by atoms with Gasteiger partial charge in [0.1, 0.15) is 11.4 Å². The molecule has 30 heavy (non-hydrogen) atoms. The topological polar surface area (TPSA) is 120 Å². The maximum absolute atomic E-state index is 14.2. The second kappa shape index (κ2) is 10.3. The van der Waals surface area contributed by atoms with Gasteiger partial charge in [-0.1, -0.05) is 27.7 Å². The van der Waals surface area contributed by atoms with Crippen LogP contribution in [0.15, 0.2) is 42.0 Å². The van der Waals surface area contributed by atoms with Crippen LogP contribution in [0.25, 0.3) is 22.3 Å². The fourth-order valence-electron chi connectivity index (χ4n) is 2.53. The zero-order valence-corrected chi connectivity index (χ0v) is 17.8. The van der Waals surface area contributed by atoms with E-state index in [0.717, 1.165) is 6.07 Å². The third kappa shape index (κ3) is 4.71. The van der Waals surface area contributed by atoms with Crippen LogP contribution in [0, 0.1) is 15.9 Å². The van der Waals surface area contributed by atoms with E-state index in [-0.39, 0.29) is 11.4 Å². The first-order valence-electron chi connectivity index (χ1n) is 9.32. The summed E-state index contributed by atoms with van der Waals surface area (Å²) < 4.78 is 19.8. The molecule has 0 aliphatic rings. The molecule has 0 unspecified atom stereocenters. The fraction of sp³-hybridized carbons (Fsp3) is 0.200. The smallest absolute Gasteiger partial charge is 0.272 e. The van der Waals surface area contributed by atoms with Crippen molar-refractivity contribution in [2.45, 2.75) is 27.7 Å². The molecule has 3 heterocycles. The molecule has 0 saturated heterocycles. The number of aromatic amines is 1. The summed E-state index contributed by atoms with van der Waals surface area (Å²) in [6, 6.07) is 4.78. The summed E-state index contributed by atoms with van der Waals surface area (Å²) in [5.74, 6) is -0.627. The average Bonchev–Trinajstić information content (AvgIpc) is 3.39. The minimum atomic E-state index is -0.834. The molecule has 0 aliphatic carbocycles. The van der Waals surface area contributed by atoms with E-state index in [4.69, 9.17) is 10.5 Å². The number of nitrogens with two attached hydrogens (primary N) is 1. The Kier molecular flexibility index (Phi) is 7.82. The zero-order chi connectivity index (χ0) is 22.3. The number of thiazole rings is 1. The first kappa shape index (κ1) is 22.8. The molecule has 3 aromatic heterocycles. The maximum Gasteiger partial charge on any atom is 0.272 e. The lowest BCUT2D eigenvalue weighted by atomic mass is 10.1. The minimum absolute atomic E-state index is 0.131. The van der Waals surface area contributed by atoms with E-state index in [0.29, 0.717) is 33.2 Å². The van der Waals surface area contributed by atoms with Gasteiger partial charge in [-0.15, -0.1) is 11.3 Å². The van der Waals surface area contributed by atoms with Gasteiger partial charge in [0.2, 0.25) is 0 Å². The van der Waals surface area contributed by atoms with Crippen molar-refractivity contribution in [1.82, 2.24) is 15.0 Å². The predicted molar refractivity (Wildman–Crippen MR) is 117 cm³/mol. The van der Waals surface area contributed by atoms with E-state index >= 15 is 0 Å². The van der Waals surface area contributed by atoms with Crippen molar-refractivity contribution in [3.63, 3.8) is 0 Å². The van der Waals surface area contributed by atoms with Crippen molar-refractivity contribution >= 4 is 33.2 Å². The zero-order valence-electron chi connectivity index (χ0n) is 17.0. The number of nitro benzene ring substituents is 1. The Bertz CT molecular complexity index is 1140. The van der Waals surface area contributed by atoms with Gasteiger partial charge in [-0.3, -0.25) is 10.1 Å². The molecule has 4 aromatic rings. The summed E-state index contributed by atoms with van der Waals surface area (Å²) in [7, 11) is 0. The quantitative estimate of drug-likeness (QED) is 0.295. The van der Waals surface area contributed by atoms with E-state index in [1.54, 1.807) is 17.6 Å². The number of nitrogens with zero attached hydrogens (tertiary/aromatic N) is 3. The molecule has 1 aromatic carbocycles. The number of fused-ring (bicyclic) bond motifs is 1. The highest BCUT2D eigenvalue weighted by atomic mass is 32.1. The lowest BCUT2D eigenvalue weighted by Crippen LogP contribution is -1.93. The van der Waals surface area contributed by atoms with Gasteiger partial charge in [0, 0.05) is 29.4 Å². The van der Waals surface area contributed by atoms with Crippen LogP contribution >= 0.6 is 11.3 Å². The van der Waals surface area contributed by atoms with Crippen LogP contribution in [0.2, 0.25) is 0 Å². The molecule has 0 atom stereocenters. The molecular formula is C20H22FN5O3S. The Morgan fingerprint density at radius 2 is 1.93 bits per heavy atom. The molecule has 4 rings (SSSR count). The number of benzene rings is 1. The summed E-state index contributed by atoms with van der Waals surface area (Å²) in [5, 5.41) is 13.6. The van der Waals surface area contributed by atoms with Crippen molar-refractivity contribution in [2.75, 3.05) is 5.73 Å². The highest BCUT2D eigenvalue weighted by molar-refractivity contribution is 7.13. The minimum Gasteiger partial charge on any atom is -0.453 e. The summed E-state index contributed by atoms with van der Waals surface area (Å²) in [6.45, 7) is 8.00. The summed E-state index contributed by atoms with van der Waals surface area (Å²) >= 11 is 1.30. The Morgan fingerprint density at radius 3 is 2.53 bits per heavy atom. The van der Waals surface area contributed by atoms with Gasteiger partial charge in [-0.25, -0.2) is 14.4 Å². The van der Waals surface area contributed by atoms with Gasteiger partial charge in [-0.2, -0.15) is 0 Å². The number of non-ortho nitro benzene ring substituents is 1. The number of hydrogen-bond donors (Lipinski definition) is 2.